The van der Waals surface area contributed by atoms with Crippen molar-refractivity contribution in [2.75, 3.05) is 10.8 Å². The average Bonchev–Trinajstić information content (AvgIpc) is 2.87. The molecule has 0 radical (unpaired) electrons. The molecule has 1 N–H and O–H groups in total. The first-order valence-electron chi connectivity index (χ1n) is 15.8. The minimum absolute atomic E-state index is 0.352. The van der Waals surface area contributed by atoms with Crippen LogP contribution in [0, 0.1) is 0 Å². The number of para-hydroxylation sites is 1. The average molecular weight is 538 g/mol. The maximum absolute atomic E-state index is 12.2. The zero-order valence-electron chi connectivity index (χ0n) is 24.4. The number of rotatable bonds is 26. The van der Waals surface area contributed by atoms with E-state index in [4.69, 9.17) is 0 Å². The van der Waals surface area contributed by atoms with E-state index in [0.717, 1.165) is 37.7 Å². The van der Waals surface area contributed by atoms with Crippen molar-refractivity contribution in [2.45, 2.75) is 162 Å². The van der Waals surface area contributed by atoms with E-state index in [1.54, 1.807) is 0 Å². The molecular formula is C32H59NO3S. The molecule has 4 nitrogen and oxygen atoms in total. The summed E-state index contributed by atoms with van der Waals surface area (Å²) in [6.45, 7) is 4.87. The summed E-state index contributed by atoms with van der Waals surface area (Å²) < 4.78 is 35.7. The van der Waals surface area contributed by atoms with Gasteiger partial charge in [0.2, 0.25) is 0 Å². The monoisotopic (exact) mass is 537 g/mol. The van der Waals surface area contributed by atoms with Crippen LogP contribution in [0.1, 0.15) is 161 Å². The molecule has 0 unspecified atom stereocenters. The highest BCUT2D eigenvalue weighted by atomic mass is 32.2. The van der Waals surface area contributed by atoms with Gasteiger partial charge in [0, 0.05) is 6.54 Å². The molecule has 5 heteroatoms. The van der Waals surface area contributed by atoms with Gasteiger partial charge < -0.3 is 0 Å². The number of hydrogen-bond acceptors (Lipinski definition) is 2. The van der Waals surface area contributed by atoms with E-state index in [-0.39, 0.29) is 0 Å². The highest BCUT2D eigenvalue weighted by Gasteiger charge is 2.21. The molecule has 37 heavy (non-hydrogen) atoms. The molecule has 0 aliphatic carbocycles. The molecule has 0 amide bonds. The number of nitrogens with zero attached hydrogens (tertiary/aromatic N) is 1. The summed E-state index contributed by atoms with van der Waals surface area (Å²) in [5.41, 5.74) is 1.68. The van der Waals surface area contributed by atoms with Crippen LogP contribution in [0.25, 0.3) is 0 Å². The maximum atomic E-state index is 12.2. The van der Waals surface area contributed by atoms with Gasteiger partial charge in [-0.15, -0.1) is 0 Å². The van der Waals surface area contributed by atoms with Crippen molar-refractivity contribution in [3.05, 3.63) is 29.8 Å². The summed E-state index contributed by atoms with van der Waals surface area (Å²) in [6, 6.07) is 7.71. The molecule has 0 spiro atoms. The fraction of sp³-hybridized carbons (Fsp3) is 0.812. The normalized spacial score (nSPS) is 11.8. The van der Waals surface area contributed by atoms with E-state index >= 15 is 0 Å². The van der Waals surface area contributed by atoms with Crippen LogP contribution in [-0.4, -0.2) is 19.5 Å². The van der Waals surface area contributed by atoms with Gasteiger partial charge in [0.05, 0.1) is 5.69 Å². The van der Waals surface area contributed by atoms with Gasteiger partial charge in [0.1, 0.15) is 0 Å². The fourth-order valence-corrected chi connectivity index (χ4v) is 6.01. The van der Waals surface area contributed by atoms with Crippen molar-refractivity contribution in [3.8, 4) is 0 Å². The summed E-state index contributed by atoms with van der Waals surface area (Å²) in [5.74, 6) is 0. The first kappa shape index (κ1) is 34.0. The molecule has 0 aliphatic heterocycles. The van der Waals surface area contributed by atoms with Crippen LogP contribution in [0.4, 0.5) is 5.69 Å². The van der Waals surface area contributed by atoms with Crippen LogP contribution in [0.15, 0.2) is 24.3 Å². The van der Waals surface area contributed by atoms with Crippen molar-refractivity contribution in [1.29, 1.82) is 0 Å². The standard InChI is InChI=1S/C32H59NO3S/c1-3-5-7-9-11-13-15-17-19-21-23-27-31-28-24-25-29-32(31)33(37(34,35)36)30-26-22-20-18-16-14-12-10-8-6-4-2/h24-25,28-29H,3-23,26-27,30H2,1-2H3,(H,34,35,36). The quantitative estimate of drug-likeness (QED) is 0.0944. The number of aryl methyl sites for hydroxylation is 1. The molecule has 0 aromatic heterocycles. The Morgan fingerprint density at radius 3 is 1.38 bits per heavy atom. The van der Waals surface area contributed by atoms with Gasteiger partial charge in [-0.2, -0.15) is 8.42 Å². The van der Waals surface area contributed by atoms with Gasteiger partial charge in [-0.3, -0.25) is 4.55 Å². The molecule has 0 aliphatic rings. The Kier molecular flexibility index (Phi) is 21.0. The van der Waals surface area contributed by atoms with Gasteiger partial charge in [-0.1, -0.05) is 160 Å². The minimum Gasteiger partial charge on any atom is -0.269 e. The summed E-state index contributed by atoms with van der Waals surface area (Å²) in [5, 5.41) is 0. The van der Waals surface area contributed by atoms with E-state index < -0.39 is 10.3 Å². The summed E-state index contributed by atoms with van der Waals surface area (Å²) in [7, 11) is -4.27. The lowest BCUT2D eigenvalue weighted by molar-refractivity contribution is 0.475. The summed E-state index contributed by atoms with van der Waals surface area (Å²) in [4.78, 5) is 0. The van der Waals surface area contributed by atoms with Crippen LogP contribution in [0.3, 0.4) is 0 Å². The van der Waals surface area contributed by atoms with Gasteiger partial charge >= 0.3 is 10.3 Å². The Morgan fingerprint density at radius 2 is 0.946 bits per heavy atom. The molecular weight excluding hydrogens is 478 g/mol. The van der Waals surface area contributed by atoms with Crippen molar-refractivity contribution < 1.29 is 13.0 Å². The molecule has 0 fully saturated rings. The highest BCUT2D eigenvalue weighted by molar-refractivity contribution is 7.87. The van der Waals surface area contributed by atoms with Crippen LogP contribution >= 0.6 is 0 Å². The number of anilines is 1. The largest absolute Gasteiger partial charge is 0.359 e. The summed E-state index contributed by atoms with van der Waals surface area (Å²) >= 11 is 0. The molecule has 0 heterocycles. The number of benzene rings is 1. The Labute approximate surface area is 230 Å². The van der Waals surface area contributed by atoms with Gasteiger partial charge in [0.25, 0.3) is 0 Å². The lowest BCUT2D eigenvalue weighted by atomic mass is 10.0. The van der Waals surface area contributed by atoms with Crippen molar-refractivity contribution in [2.24, 2.45) is 0 Å². The Hall–Kier alpha value is -1.07. The van der Waals surface area contributed by atoms with Crippen molar-refractivity contribution in [3.63, 3.8) is 0 Å². The Balaban J connectivity index is 2.32. The summed E-state index contributed by atoms with van der Waals surface area (Å²) in [6.07, 6.45) is 28.6. The SMILES string of the molecule is CCCCCCCCCCCCCc1ccccc1N(CCCCCCCCCCCCC)S(=O)(=O)O. The molecule has 1 rings (SSSR count). The second-order valence-electron chi connectivity index (χ2n) is 11.0. The van der Waals surface area contributed by atoms with E-state index in [2.05, 4.69) is 13.8 Å². The third-order valence-electron chi connectivity index (χ3n) is 7.55. The minimum atomic E-state index is -4.27. The van der Waals surface area contributed by atoms with Crippen LogP contribution in [-0.2, 0) is 16.7 Å². The van der Waals surface area contributed by atoms with Crippen molar-refractivity contribution >= 4 is 16.0 Å². The second-order valence-corrected chi connectivity index (χ2v) is 12.3. The Morgan fingerprint density at radius 1 is 0.568 bits per heavy atom. The highest BCUT2D eigenvalue weighted by Crippen LogP contribution is 2.26. The van der Waals surface area contributed by atoms with Gasteiger partial charge in [-0.05, 0) is 30.9 Å². The van der Waals surface area contributed by atoms with E-state index in [1.807, 2.05) is 24.3 Å². The molecule has 0 atom stereocenters. The van der Waals surface area contributed by atoms with Crippen LogP contribution in [0.5, 0.6) is 0 Å². The van der Waals surface area contributed by atoms with Crippen molar-refractivity contribution in [1.82, 2.24) is 0 Å². The predicted octanol–water partition coefficient (Wildman–Crippen LogP) is 10.5. The first-order valence-corrected chi connectivity index (χ1v) is 17.2. The Bertz CT molecular complexity index is 750. The van der Waals surface area contributed by atoms with Gasteiger partial charge in [0.15, 0.2) is 0 Å². The van der Waals surface area contributed by atoms with E-state index in [9.17, 15) is 13.0 Å². The van der Waals surface area contributed by atoms with Gasteiger partial charge in [-0.25, -0.2) is 4.31 Å². The molecule has 1 aromatic rings. The third-order valence-corrected chi connectivity index (χ3v) is 8.49. The van der Waals surface area contributed by atoms with Crippen LogP contribution < -0.4 is 4.31 Å². The number of unbranched alkanes of at least 4 members (excludes halogenated alkanes) is 20. The van der Waals surface area contributed by atoms with Crippen LogP contribution in [0.2, 0.25) is 0 Å². The lowest BCUT2D eigenvalue weighted by Crippen LogP contribution is -2.32. The zero-order chi connectivity index (χ0) is 27.0. The fourth-order valence-electron chi connectivity index (χ4n) is 5.22. The smallest absolute Gasteiger partial charge is 0.269 e. The second kappa shape index (κ2) is 22.9. The molecule has 1 aromatic carbocycles. The molecule has 0 bridgehead atoms. The zero-order valence-corrected chi connectivity index (χ0v) is 25.2. The first-order chi connectivity index (χ1) is 18.0. The van der Waals surface area contributed by atoms with E-state index in [1.165, 1.54) is 120 Å². The third kappa shape index (κ3) is 18.0. The molecule has 0 saturated heterocycles. The van der Waals surface area contributed by atoms with E-state index in [0.29, 0.717) is 12.2 Å². The maximum Gasteiger partial charge on any atom is 0.359 e. The topological polar surface area (TPSA) is 57.6 Å². The lowest BCUT2D eigenvalue weighted by Gasteiger charge is -2.23. The predicted molar refractivity (Wildman–Crippen MR) is 162 cm³/mol. The molecule has 0 saturated carbocycles. The molecule has 216 valence electrons. The number of hydrogen-bond donors (Lipinski definition) is 1.